The Bertz CT molecular complexity index is 412. The quantitative estimate of drug-likeness (QED) is 0.717. The molecule has 1 amide bonds. The average molecular weight is 267 g/mol. The van der Waals surface area contributed by atoms with Gasteiger partial charge in [-0.2, -0.15) is 0 Å². The molecular formula is C12H21N5O2. The predicted octanol–water partition coefficient (Wildman–Crippen LogP) is 0.602. The molecule has 1 aliphatic rings. The van der Waals surface area contributed by atoms with Crippen LogP contribution < -0.4 is 10.6 Å². The maximum atomic E-state index is 11.8. The van der Waals surface area contributed by atoms with Gasteiger partial charge in [0, 0.05) is 19.1 Å². The van der Waals surface area contributed by atoms with Crippen molar-refractivity contribution in [3.63, 3.8) is 0 Å². The van der Waals surface area contributed by atoms with E-state index in [1.807, 2.05) is 13.8 Å². The van der Waals surface area contributed by atoms with Gasteiger partial charge in [-0.15, -0.1) is 5.10 Å². The van der Waals surface area contributed by atoms with E-state index in [2.05, 4.69) is 20.8 Å². The number of anilines is 1. The van der Waals surface area contributed by atoms with Crippen LogP contribution >= 0.6 is 0 Å². The third-order valence-electron chi connectivity index (χ3n) is 3.09. The molecule has 0 atom stereocenters. The summed E-state index contributed by atoms with van der Waals surface area (Å²) in [6.45, 7) is 6.09. The van der Waals surface area contributed by atoms with Gasteiger partial charge in [-0.3, -0.25) is 4.79 Å². The normalized spacial score (nSPS) is 14.4. The van der Waals surface area contributed by atoms with Crippen molar-refractivity contribution in [2.75, 3.05) is 25.0 Å². The van der Waals surface area contributed by atoms with Crippen LogP contribution in [-0.2, 0) is 11.3 Å². The number of aromatic nitrogens is 2. The Morgan fingerprint density at radius 1 is 1.37 bits per heavy atom. The molecule has 1 aliphatic carbocycles. The summed E-state index contributed by atoms with van der Waals surface area (Å²) in [6.07, 6.45) is 2.44. The second kappa shape index (κ2) is 6.51. The fourth-order valence-electron chi connectivity index (χ4n) is 1.75. The van der Waals surface area contributed by atoms with Gasteiger partial charge >= 0.3 is 6.01 Å². The van der Waals surface area contributed by atoms with E-state index in [-0.39, 0.29) is 12.5 Å². The number of hydrogen-bond acceptors (Lipinski definition) is 6. The maximum absolute atomic E-state index is 11.8. The van der Waals surface area contributed by atoms with Crippen LogP contribution in [-0.4, -0.2) is 46.7 Å². The lowest BCUT2D eigenvalue weighted by Gasteiger charge is -2.18. The van der Waals surface area contributed by atoms with Crippen molar-refractivity contribution in [3.8, 4) is 0 Å². The van der Waals surface area contributed by atoms with Gasteiger partial charge < -0.3 is 20.0 Å². The van der Waals surface area contributed by atoms with Crippen molar-refractivity contribution in [1.82, 2.24) is 20.4 Å². The van der Waals surface area contributed by atoms with Crippen molar-refractivity contribution in [1.29, 1.82) is 0 Å². The highest BCUT2D eigenvalue weighted by molar-refractivity contribution is 5.80. The Balaban J connectivity index is 1.74. The minimum Gasteiger partial charge on any atom is -0.407 e. The third-order valence-corrected chi connectivity index (χ3v) is 3.09. The fraction of sp³-hybridized carbons (Fsp3) is 0.750. The lowest BCUT2D eigenvalue weighted by Crippen LogP contribution is -2.35. The molecule has 0 radical (unpaired) electrons. The van der Waals surface area contributed by atoms with E-state index in [0.717, 1.165) is 0 Å². The van der Waals surface area contributed by atoms with Crippen LogP contribution in [0, 0.1) is 0 Å². The summed E-state index contributed by atoms with van der Waals surface area (Å²) in [4.78, 5) is 13.5. The van der Waals surface area contributed by atoms with Crippen LogP contribution in [0.5, 0.6) is 0 Å². The summed E-state index contributed by atoms with van der Waals surface area (Å²) in [5.74, 6) is 0.575. The number of hydrogen-bond donors (Lipinski definition) is 2. The zero-order valence-electron chi connectivity index (χ0n) is 11.5. The molecule has 0 unspecified atom stereocenters. The number of carbonyl (C=O) groups excluding carboxylic acids is 1. The van der Waals surface area contributed by atoms with Crippen molar-refractivity contribution < 1.29 is 9.21 Å². The fourth-order valence-corrected chi connectivity index (χ4v) is 1.75. The standard InChI is InChI=1S/C12H21N5O2/c1-3-17(4-2)11(18)8-14-12-16-15-10(19-12)7-13-9-5-6-9/h9,13H,3-8H2,1-2H3,(H,14,16). The van der Waals surface area contributed by atoms with E-state index in [1.165, 1.54) is 12.8 Å². The molecule has 2 rings (SSSR count). The van der Waals surface area contributed by atoms with E-state index in [4.69, 9.17) is 4.42 Å². The minimum absolute atomic E-state index is 0.0286. The Kier molecular flexibility index (Phi) is 4.73. The maximum Gasteiger partial charge on any atom is 0.315 e. The molecule has 1 fully saturated rings. The number of amides is 1. The molecule has 0 bridgehead atoms. The average Bonchev–Trinajstić information content (AvgIpc) is 3.14. The summed E-state index contributed by atoms with van der Waals surface area (Å²) in [5.41, 5.74) is 0. The van der Waals surface area contributed by atoms with Crippen LogP contribution in [0.4, 0.5) is 6.01 Å². The van der Waals surface area contributed by atoms with E-state index in [9.17, 15) is 4.79 Å². The highest BCUT2D eigenvalue weighted by Crippen LogP contribution is 2.19. The lowest BCUT2D eigenvalue weighted by molar-refractivity contribution is -0.128. The predicted molar refractivity (Wildman–Crippen MR) is 70.6 cm³/mol. The summed E-state index contributed by atoms with van der Waals surface area (Å²) in [5, 5.41) is 13.9. The first-order valence-corrected chi connectivity index (χ1v) is 6.80. The summed E-state index contributed by atoms with van der Waals surface area (Å²) in [7, 11) is 0. The first kappa shape index (κ1) is 13.8. The van der Waals surface area contributed by atoms with Crippen LogP contribution in [0.3, 0.4) is 0 Å². The lowest BCUT2D eigenvalue weighted by atomic mass is 10.4. The summed E-state index contributed by atoms with van der Waals surface area (Å²) in [6, 6.07) is 0.903. The third kappa shape index (κ3) is 4.20. The molecule has 7 nitrogen and oxygen atoms in total. The first-order valence-electron chi connectivity index (χ1n) is 6.80. The van der Waals surface area contributed by atoms with Crippen LogP contribution in [0.25, 0.3) is 0 Å². The first-order chi connectivity index (χ1) is 9.22. The van der Waals surface area contributed by atoms with Gasteiger partial charge in [-0.25, -0.2) is 0 Å². The highest BCUT2D eigenvalue weighted by Gasteiger charge is 2.21. The topological polar surface area (TPSA) is 83.3 Å². The molecule has 19 heavy (non-hydrogen) atoms. The van der Waals surface area contributed by atoms with Crippen molar-refractivity contribution in [3.05, 3.63) is 5.89 Å². The van der Waals surface area contributed by atoms with Crippen molar-refractivity contribution >= 4 is 11.9 Å². The number of carbonyl (C=O) groups is 1. The van der Waals surface area contributed by atoms with Gasteiger partial charge in [-0.1, -0.05) is 5.10 Å². The summed E-state index contributed by atoms with van der Waals surface area (Å²) >= 11 is 0. The molecule has 0 aliphatic heterocycles. The highest BCUT2D eigenvalue weighted by atomic mass is 16.4. The monoisotopic (exact) mass is 267 g/mol. The molecule has 0 aromatic carbocycles. The Morgan fingerprint density at radius 2 is 2.11 bits per heavy atom. The van der Waals surface area contributed by atoms with E-state index in [1.54, 1.807) is 4.90 Å². The molecule has 0 spiro atoms. The Labute approximate surface area is 112 Å². The SMILES string of the molecule is CCN(CC)C(=O)CNc1nnc(CNC2CC2)o1. The van der Waals surface area contributed by atoms with Crippen LogP contribution in [0.15, 0.2) is 4.42 Å². The molecule has 2 N–H and O–H groups in total. The van der Waals surface area contributed by atoms with Gasteiger partial charge in [0.15, 0.2) is 0 Å². The minimum atomic E-state index is 0.0286. The number of nitrogens with zero attached hydrogens (tertiary/aromatic N) is 3. The number of likely N-dealkylation sites (N-methyl/N-ethyl adjacent to an activating group) is 1. The molecule has 106 valence electrons. The Hall–Kier alpha value is -1.63. The molecule has 1 saturated carbocycles. The molecule has 1 heterocycles. The Morgan fingerprint density at radius 3 is 2.74 bits per heavy atom. The van der Waals surface area contributed by atoms with Crippen molar-refractivity contribution in [2.24, 2.45) is 0 Å². The molecular weight excluding hydrogens is 246 g/mol. The van der Waals surface area contributed by atoms with Crippen LogP contribution in [0.2, 0.25) is 0 Å². The second-order valence-corrected chi connectivity index (χ2v) is 4.58. The van der Waals surface area contributed by atoms with E-state index in [0.29, 0.717) is 37.6 Å². The smallest absolute Gasteiger partial charge is 0.315 e. The van der Waals surface area contributed by atoms with Crippen molar-refractivity contribution in [2.45, 2.75) is 39.3 Å². The zero-order chi connectivity index (χ0) is 13.7. The zero-order valence-corrected chi connectivity index (χ0v) is 11.5. The van der Waals surface area contributed by atoms with Gasteiger partial charge in [0.25, 0.3) is 0 Å². The largest absolute Gasteiger partial charge is 0.407 e. The molecule has 1 aromatic heterocycles. The van der Waals surface area contributed by atoms with Crippen LogP contribution in [0.1, 0.15) is 32.6 Å². The summed E-state index contributed by atoms with van der Waals surface area (Å²) < 4.78 is 5.39. The van der Waals surface area contributed by atoms with Gasteiger partial charge in [0.05, 0.1) is 13.1 Å². The molecule has 0 saturated heterocycles. The van der Waals surface area contributed by atoms with E-state index < -0.39 is 0 Å². The van der Waals surface area contributed by atoms with Gasteiger partial charge in [-0.05, 0) is 26.7 Å². The van der Waals surface area contributed by atoms with E-state index >= 15 is 0 Å². The van der Waals surface area contributed by atoms with Gasteiger partial charge in [0.2, 0.25) is 11.8 Å². The molecule has 1 aromatic rings. The number of nitrogens with one attached hydrogen (secondary N) is 2. The second-order valence-electron chi connectivity index (χ2n) is 4.58. The van der Waals surface area contributed by atoms with Gasteiger partial charge in [0.1, 0.15) is 0 Å². The number of rotatable bonds is 8. The molecule has 7 heteroatoms.